The molecular formula is C15H17ClN2O3. The lowest BCUT2D eigenvalue weighted by molar-refractivity contribution is -0.697. The van der Waals surface area contributed by atoms with E-state index in [4.69, 9.17) is 9.47 Å². The molecule has 0 fully saturated rings. The Labute approximate surface area is 129 Å². The van der Waals surface area contributed by atoms with Crippen LogP contribution in [-0.2, 0) is 11.3 Å². The zero-order valence-electron chi connectivity index (χ0n) is 11.7. The van der Waals surface area contributed by atoms with Gasteiger partial charge in [0, 0.05) is 17.8 Å². The summed E-state index contributed by atoms with van der Waals surface area (Å²) in [7, 11) is 1.60. The summed E-state index contributed by atoms with van der Waals surface area (Å²) in [6.45, 7) is 0.938. The monoisotopic (exact) mass is 308 g/mol. The number of nitrogens with one attached hydrogen (secondary N) is 1. The number of amides is 1. The number of halogens is 1. The Bertz CT molecular complexity index is 547. The van der Waals surface area contributed by atoms with E-state index in [0.717, 1.165) is 5.75 Å². The van der Waals surface area contributed by atoms with Gasteiger partial charge >= 0.3 is 6.09 Å². The van der Waals surface area contributed by atoms with E-state index in [1.165, 1.54) is 0 Å². The molecule has 0 aliphatic heterocycles. The lowest BCUT2D eigenvalue weighted by atomic mass is 10.3. The van der Waals surface area contributed by atoms with Gasteiger partial charge in [-0.2, -0.15) is 0 Å². The topological polar surface area (TPSA) is 51.4 Å². The summed E-state index contributed by atoms with van der Waals surface area (Å²) >= 11 is 0. The number of carbonyl (C=O) groups is 1. The van der Waals surface area contributed by atoms with Gasteiger partial charge in [0.25, 0.3) is 0 Å². The average Bonchev–Trinajstić information content (AvgIpc) is 2.49. The number of aromatic nitrogens is 1. The van der Waals surface area contributed by atoms with Crippen molar-refractivity contribution in [2.75, 3.05) is 19.0 Å². The van der Waals surface area contributed by atoms with E-state index in [1.807, 2.05) is 35.2 Å². The number of pyridine rings is 1. The minimum absolute atomic E-state index is 0. The molecule has 0 bridgehead atoms. The predicted molar refractivity (Wildman–Crippen MR) is 74.6 cm³/mol. The molecule has 1 aromatic heterocycles. The number of hydrogen-bond donors (Lipinski definition) is 1. The van der Waals surface area contributed by atoms with Crippen LogP contribution in [0.1, 0.15) is 0 Å². The Balaban J connectivity index is 0.00000220. The van der Waals surface area contributed by atoms with Crippen molar-refractivity contribution in [3.63, 3.8) is 0 Å². The van der Waals surface area contributed by atoms with E-state index >= 15 is 0 Å². The number of methoxy groups -OCH3 is 1. The normalized spacial score (nSPS) is 9.38. The summed E-state index contributed by atoms with van der Waals surface area (Å²) in [5.41, 5.74) is 0.670. The Morgan fingerprint density at radius 2 is 1.81 bits per heavy atom. The maximum atomic E-state index is 11.6. The predicted octanol–water partition coefficient (Wildman–Crippen LogP) is -0.765. The number of carbonyl (C=O) groups excluding carboxylic acids is 1. The van der Waals surface area contributed by atoms with E-state index in [9.17, 15) is 4.79 Å². The maximum Gasteiger partial charge on any atom is 0.411 e. The third kappa shape index (κ3) is 5.71. The molecule has 6 heteroatoms. The second-order valence-corrected chi connectivity index (χ2v) is 4.10. The van der Waals surface area contributed by atoms with Gasteiger partial charge in [-0.25, -0.2) is 9.36 Å². The Kier molecular flexibility index (Phi) is 7.04. The first-order valence-electron chi connectivity index (χ1n) is 6.30. The van der Waals surface area contributed by atoms with Crippen LogP contribution in [0.5, 0.6) is 5.75 Å². The first-order valence-corrected chi connectivity index (χ1v) is 6.30. The second kappa shape index (κ2) is 8.81. The molecule has 1 amide bonds. The van der Waals surface area contributed by atoms with Gasteiger partial charge in [0.1, 0.15) is 5.75 Å². The van der Waals surface area contributed by atoms with Crippen LogP contribution in [0.4, 0.5) is 10.5 Å². The first-order chi connectivity index (χ1) is 9.78. The van der Waals surface area contributed by atoms with Crippen molar-refractivity contribution in [3.8, 4) is 5.75 Å². The van der Waals surface area contributed by atoms with Crippen molar-refractivity contribution in [1.82, 2.24) is 0 Å². The van der Waals surface area contributed by atoms with Crippen LogP contribution in [0.15, 0.2) is 54.9 Å². The number of ether oxygens (including phenoxy) is 2. The van der Waals surface area contributed by atoms with Crippen LogP contribution < -0.4 is 27.0 Å². The molecule has 0 saturated carbocycles. The lowest BCUT2D eigenvalue weighted by Crippen LogP contribution is -3.00. The molecule has 5 nitrogen and oxygen atoms in total. The number of nitrogens with zero attached hydrogens (tertiary/aromatic N) is 1. The minimum atomic E-state index is -0.466. The number of rotatable bonds is 5. The van der Waals surface area contributed by atoms with E-state index < -0.39 is 6.09 Å². The van der Waals surface area contributed by atoms with Crippen molar-refractivity contribution in [3.05, 3.63) is 54.9 Å². The molecule has 2 aromatic rings. The van der Waals surface area contributed by atoms with Gasteiger partial charge in [0.15, 0.2) is 25.5 Å². The number of benzene rings is 1. The van der Waals surface area contributed by atoms with Crippen LogP contribution in [0.25, 0.3) is 0 Å². The van der Waals surface area contributed by atoms with Gasteiger partial charge < -0.3 is 21.9 Å². The van der Waals surface area contributed by atoms with Crippen LogP contribution >= 0.6 is 0 Å². The van der Waals surface area contributed by atoms with Crippen molar-refractivity contribution in [1.29, 1.82) is 0 Å². The standard InChI is InChI=1S/C15H16N2O3.ClH/c1-19-14-7-5-13(6-8-14)16-15(18)20-12-11-17-9-3-2-4-10-17;/h2-10H,11-12H2,1H3;1H. The quantitative estimate of drug-likeness (QED) is 0.739. The van der Waals surface area contributed by atoms with Gasteiger partial charge in [0.2, 0.25) is 0 Å². The van der Waals surface area contributed by atoms with Crippen LogP contribution in [0.2, 0.25) is 0 Å². The van der Waals surface area contributed by atoms with E-state index in [0.29, 0.717) is 18.8 Å². The van der Waals surface area contributed by atoms with E-state index in [1.54, 1.807) is 31.4 Å². The van der Waals surface area contributed by atoms with Crippen LogP contribution in [0, 0.1) is 0 Å². The van der Waals surface area contributed by atoms with Gasteiger partial charge in [-0.05, 0) is 24.3 Å². The fourth-order valence-electron chi connectivity index (χ4n) is 1.66. The summed E-state index contributed by atoms with van der Waals surface area (Å²) in [6, 6.07) is 12.9. The molecule has 1 heterocycles. The highest BCUT2D eigenvalue weighted by atomic mass is 35.5. The van der Waals surface area contributed by atoms with E-state index in [-0.39, 0.29) is 12.4 Å². The van der Waals surface area contributed by atoms with Crippen LogP contribution in [0.3, 0.4) is 0 Å². The summed E-state index contributed by atoms with van der Waals surface area (Å²) in [5, 5.41) is 2.65. The largest absolute Gasteiger partial charge is 1.00 e. The van der Waals surface area contributed by atoms with Gasteiger partial charge in [-0.15, -0.1) is 0 Å². The van der Waals surface area contributed by atoms with Crippen LogP contribution in [-0.4, -0.2) is 19.8 Å². The zero-order chi connectivity index (χ0) is 14.2. The second-order valence-electron chi connectivity index (χ2n) is 4.10. The Morgan fingerprint density at radius 1 is 1.14 bits per heavy atom. The first kappa shape index (κ1) is 16.8. The molecule has 0 radical (unpaired) electrons. The molecule has 1 aromatic carbocycles. The van der Waals surface area contributed by atoms with Crippen molar-refractivity contribution < 1.29 is 31.2 Å². The molecule has 0 saturated heterocycles. The van der Waals surface area contributed by atoms with Crippen molar-refractivity contribution in [2.45, 2.75) is 6.54 Å². The summed E-state index contributed by atoms with van der Waals surface area (Å²) in [6.07, 6.45) is 3.38. The highest BCUT2D eigenvalue weighted by Crippen LogP contribution is 2.14. The molecular weight excluding hydrogens is 292 g/mol. The fourth-order valence-corrected chi connectivity index (χ4v) is 1.66. The van der Waals surface area contributed by atoms with Gasteiger partial charge in [-0.1, -0.05) is 6.07 Å². The Morgan fingerprint density at radius 3 is 2.43 bits per heavy atom. The molecule has 21 heavy (non-hydrogen) atoms. The molecule has 0 unspecified atom stereocenters. The third-order valence-electron chi connectivity index (χ3n) is 2.70. The highest BCUT2D eigenvalue weighted by molar-refractivity contribution is 5.84. The SMILES string of the molecule is COc1ccc(NC(=O)OCC[n+]2ccccc2)cc1.[Cl-]. The zero-order valence-corrected chi connectivity index (χ0v) is 12.4. The fraction of sp³-hybridized carbons (Fsp3) is 0.200. The molecule has 2 rings (SSSR count). The third-order valence-corrected chi connectivity index (χ3v) is 2.70. The lowest BCUT2D eigenvalue weighted by Gasteiger charge is -2.06. The summed E-state index contributed by atoms with van der Waals surface area (Å²) in [5.74, 6) is 0.740. The molecule has 0 spiro atoms. The molecule has 1 N–H and O–H groups in total. The number of hydrogen-bond acceptors (Lipinski definition) is 3. The molecule has 0 atom stereocenters. The van der Waals surface area contributed by atoms with Gasteiger partial charge in [0.05, 0.1) is 7.11 Å². The maximum absolute atomic E-state index is 11.6. The minimum Gasteiger partial charge on any atom is -1.00 e. The van der Waals surface area contributed by atoms with Gasteiger partial charge in [-0.3, -0.25) is 5.32 Å². The molecule has 0 aliphatic rings. The molecule has 112 valence electrons. The summed E-state index contributed by atoms with van der Waals surface area (Å²) < 4.78 is 12.1. The van der Waals surface area contributed by atoms with E-state index in [2.05, 4.69) is 5.32 Å². The Hall–Kier alpha value is -2.27. The van der Waals surface area contributed by atoms with Crippen molar-refractivity contribution in [2.24, 2.45) is 0 Å². The number of anilines is 1. The van der Waals surface area contributed by atoms with Crippen molar-refractivity contribution >= 4 is 11.8 Å². The summed E-state index contributed by atoms with van der Waals surface area (Å²) in [4.78, 5) is 11.6. The highest BCUT2D eigenvalue weighted by Gasteiger charge is 2.05. The average molecular weight is 309 g/mol. The molecule has 0 aliphatic carbocycles. The smallest absolute Gasteiger partial charge is 0.411 e.